The van der Waals surface area contributed by atoms with Crippen LogP contribution in [0.15, 0.2) is 30.3 Å². The molecule has 4 atom stereocenters. The lowest BCUT2D eigenvalue weighted by Gasteiger charge is -2.41. The van der Waals surface area contributed by atoms with Crippen LogP contribution >= 0.6 is 0 Å². The van der Waals surface area contributed by atoms with E-state index >= 15 is 0 Å². The van der Waals surface area contributed by atoms with Gasteiger partial charge in [-0.2, -0.15) is 0 Å². The molecule has 1 aromatic carbocycles. The number of carbonyl (C=O) groups is 4. The molecule has 0 amide bonds. The minimum absolute atomic E-state index is 0.00192. The number of esters is 3. The van der Waals surface area contributed by atoms with Crippen molar-refractivity contribution < 1.29 is 38.1 Å². The molecule has 212 valence electrons. The zero-order valence-corrected chi connectivity index (χ0v) is 23.2. The minimum atomic E-state index is -1.05. The average Bonchev–Trinajstić information content (AvgIpc) is 2.91. The van der Waals surface area contributed by atoms with E-state index in [1.807, 2.05) is 51.1 Å². The van der Waals surface area contributed by atoms with Gasteiger partial charge in [0.15, 0.2) is 18.3 Å². The van der Waals surface area contributed by atoms with Crippen LogP contribution in [0.4, 0.5) is 0 Å². The maximum Gasteiger partial charge on any atom is 0.306 e. The molecule has 8 heteroatoms. The Balaban J connectivity index is 2.21. The molecule has 0 aliphatic carbocycles. The number of aryl methyl sites for hydroxylation is 1. The highest BCUT2D eigenvalue weighted by molar-refractivity contribution is 5.79. The van der Waals surface area contributed by atoms with Crippen LogP contribution in [0.5, 0.6) is 0 Å². The molecule has 8 nitrogen and oxygen atoms in total. The molecule has 0 radical (unpaired) electrons. The number of rotatable bonds is 17. The molecule has 2 rings (SSSR count). The van der Waals surface area contributed by atoms with Crippen molar-refractivity contribution in [3.63, 3.8) is 0 Å². The summed E-state index contributed by atoms with van der Waals surface area (Å²) >= 11 is 0. The summed E-state index contributed by atoms with van der Waals surface area (Å²) in [6, 6.07) is 9.70. The molecule has 38 heavy (non-hydrogen) atoms. The lowest BCUT2D eigenvalue weighted by atomic mass is 9.94. The largest absolute Gasteiger partial charge is 0.456 e. The van der Waals surface area contributed by atoms with Gasteiger partial charge < -0.3 is 18.9 Å². The summed E-state index contributed by atoms with van der Waals surface area (Å²) in [5.41, 5.74) is 1.05. The molecule has 1 unspecified atom stereocenters. The first kappa shape index (κ1) is 31.5. The summed E-state index contributed by atoms with van der Waals surface area (Å²) in [7, 11) is 0. The van der Waals surface area contributed by atoms with E-state index in [4.69, 9.17) is 18.9 Å². The van der Waals surface area contributed by atoms with Crippen molar-refractivity contribution in [1.82, 2.24) is 0 Å². The van der Waals surface area contributed by atoms with Crippen molar-refractivity contribution in [2.45, 2.75) is 122 Å². The summed E-state index contributed by atoms with van der Waals surface area (Å²) < 4.78 is 23.2. The third kappa shape index (κ3) is 11.3. The number of Topliss-reactive ketones (excluding diaryl/α,β-unsaturated/α-hetero) is 1. The highest BCUT2D eigenvalue weighted by atomic mass is 16.6. The predicted octanol–water partition coefficient (Wildman–Crippen LogP) is 5.28. The van der Waals surface area contributed by atoms with Gasteiger partial charge in [0, 0.05) is 32.1 Å². The molecule has 0 saturated carbocycles. The molecule has 1 aliphatic heterocycles. The summed E-state index contributed by atoms with van der Waals surface area (Å²) in [4.78, 5) is 50.7. The number of hydrogen-bond acceptors (Lipinski definition) is 8. The zero-order chi connectivity index (χ0) is 27.8. The number of carbonyl (C=O) groups excluding carboxylic acids is 4. The Morgan fingerprint density at radius 3 is 1.82 bits per heavy atom. The van der Waals surface area contributed by atoms with Gasteiger partial charge in [0.25, 0.3) is 0 Å². The van der Waals surface area contributed by atoms with E-state index in [0.717, 1.165) is 24.8 Å². The van der Waals surface area contributed by atoms with Crippen molar-refractivity contribution in [3.8, 4) is 0 Å². The maximum atomic E-state index is 12.9. The fraction of sp³-hybridized carbons (Fsp3) is 0.667. The second-order valence-corrected chi connectivity index (χ2v) is 9.85. The van der Waals surface area contributed by atoms with Crippen LogP contribution in [-0.2, 0) is 44.5 Å². The van der Waals surface area contributed by atoms with E-state index in [-0.39, 0.29) is 38.1 Å². The third-order valence-electron chi connectivity index (χ3n) is 6.52. The molecule has 1 aliphatic rings. The van der Waals surface area contributed by atoms with Gasteiger partial charge in [-0.1, -0.05) is 70.4 Å². The third-order valence-corrected chi connectivity index (χ3v) is 6.52. The molecule has 1 saturated heterocycles. The van der Waals surface area contributed by atoms with Gasteiger partial charge in [0.2, 0.25) is 0 Å². The summed E-state index contributed by atoms with van der Waals surface area (Å²) in [5.74, 6) is -1.40. The van der Waals surface area contributed by atoms with Gasteiger partial charge in [-0.15, -0.1) is 0 Å². The first-order chi connectivity index (χ1) is 18.4. The van der Waals surface area contributed by atoms with Crippen LogP contribution < -0.4 is 0 Å². The van der Waals surface area contributed by atoms with Gasteiger partial charge in [0.05, 0.1) is 6.61 Å². The maximum absolute atomic E-state index is 12.9. The number of hydrogen-bond donors (Lipinski definition) is 0. The van der Waals surface area contributed by atoms with E-state index in [1.54, 1.807) is 0 Å². The van der Waals surface area contributed by atoms with E-state index < -0.39 is 42.3 Å². The van der Waals surface area contributed by atoms with Crippen LogP contribution in [0, 0.1) is 0 Å². The van der Waals surface area contributed by atoms with Crippen LogP contribution in [0.1, 0.15) is 97.0 Å². The molecule has 0 N–H and O–H groups in total. The summed E-state index contributed by atoms with van der Waals surface area (Å²) in [6.45, 7) is 5.86. The standard InChI is InChI=1S/C30H44O8/c1-4-7-15-26(32)36-25-21-35-24(20-23(31)19-18-22-13-11-10-12-14-22)29(37-27(33)16-8-5-2)30(25)38-28(34)17-9-6-3/h10-14,24-25,29-30H,4-9,15-21H2,1-3H3/t24?,25-,29+,30+/m1/s1. The van der Waals surface area contributed by atoms with Crippen molar-refractivity contribution in [1.29, 1.82) is 0 Å². The first-order valence-electron chi connectivity index (χ1n) is 14.1. The van der Waals surface area contributed by atoms with Gasteiger partial charge in [-0.05, 0) is 31.2 Å². The second kappa shape index (κ2) is 17.7. The molecule has 1 heterocycles. The highest BCUT2D eigenvalue weighted by Crippen LogP contribution is 2.28. The molecular formula is C30H44O8. The van der Waals surface area contributed by atoms with Crippen molar-refractivity contribution in [2.24, 2.45) is 0 Å². The van der Waals surface area contributed by atoms with E-state index in [9.17, 15) is 19.2 Å². The molecular weight excluding hydrogens is 488 g/mol. The van der Waals surface area contributed by atoms with Crippen molar-refractivity contribution >= 4 is 23.7 Å². The van der Waals surface area contributed by atoms with Crippen molar-refractivity contribution in [2.75, 3.05) is 6.61 Å². The molecule has 0 aromatic heterocycles. The SMILES string of the molecule is CCCCC(=O)O[C@H]1[C@H](OC(=O)CCCC)COC(CC(=O)CCc2ccccc2)[C@@H]1OC(=O)CCCC. The molecule has 1 fully saturated rings. The Labute approximate surface area is 226 Å². The Morgan fingerprint density at radius 1 is 0.737 bits per heavy atom. The zero-order valence-electron chi connectivity index (χ0n) is 23.2. The monoisotopic (exact) mass is 532 g/mol. The van der Waals surface area contributed by atoms with Crippen molar-refractivity contribution in [3.05, 3.63) is 35.9 Å². The number of ketones is 1. The fourth-order valence-corrected chi connectivity index (χ4v) is 4.26. The lowest BCUT2D eigenvalue weighted by Crippen LogP contribution is -2.58. The fourth-order valence-electron chi connectivity index (χ4n) is 4.26. The smallest absolute Gasteiger partial charge is 0.306 e. The minimum Gasteiger partial charge on any atom is -0.456 e. The van der Waals surface area contributed by atoms with Gasteiger partial charge >= 0.3 is 17.9 Å². The number of ether oxygens (including phenoxy) is 4. The lowest BCUT2D eigenvalue weighted by molar-refractivity contribution is -0.228. The Morgan fingerprint density at radius 2 is 1.26 bits per heavy atom. The van der Waals surface area contributed by atoms with E-state index in [0.29, 0.717) is 32.1 Å². The Hall–Kier alpha value is -2.74. The Kier molecular flexibility index (Phi) is 14.7. The quantitative estimate of drug-likeness (QED) is 0.197. The molecule has 0 bridgehead atoms. The molecule has 1 aromatic rings. The first-order valence-corrected chi connectivity index (χ1v) is 14.1. The summed E-state index contributed by atoms with van der Waals surface area (Å²) in [5, 5.41) is 0. The Bertz CT molecular complexity index is 868. The van der Waals surface area contributed by atoms with E-state index in [1.165, 1.54) is 0 Å². The average molecular weight is 533 g/mol. The van der Waals surface area contributed by atoms with Gasteiger partial charge in [0.1, 0.15) is 11.9 Å². The van der Waals surface area contributed by atoms with Crippen LogP contribution in [0.2, 0.25) is 0 Å². The highest BCUT2D eigenvalue weighted by Gasteiger charge is 2.47. The molecule has 0 spiro atoms. The van der Waals surface area contributed by atoms with Gasteiger partial charge in [-0.25, -0.2) is 0 Å². The van der Waals surface area contributed by atoms with Gasteiger partial charge in [-0.3, -0.25) is 19.2 Å². The van der Waals surface area contributed by atoms with Crippen LogP contribution in [0.3, 0.4) is 0 Å². The topological polar surface area (TPSA) is 105 Å². The van der Waals surface area contributed by atoms with E-state index in [2.05, 4.69) is 0 Å². The van der Waals surface area contributed by atoms with Crippen LogP contribution in [-0.4, -0.2) is 54.7 Å². The predicted molar refractivity (Wildman–Crippen MR) is 142 cm³/mol. The number of unbranched alkanes of at least 4 members (excludes halogenated alkanes) is 3. The number of benzene rings is 1. The summed E-state index contributed by atoms with van der Waals surface area (Å²) in [6.07, 6.45) is 2.08. The second-order valence-electron chi connectivity index (χ2n) is 9.85. The van der Waals surface area contributed by atoms with Crippen LogP contribution in [0.25, 0.3) is 0 Å². The normalized spacial score (nSPS) is 20.9.